The Labute approximate surface area is 164 Å². The Bertz CT molecular complexity index is 906. The van der Waals surface area contributed by atoms with Crippen molar-refractivity contribution >= 4 is 23.6 Å². The van der Waals surface area contributed by atoms with E-state index in [2.05, 4.69) is 10.6 Å². The van der Waals surface area contributed by atoms with Gasteiger partial charge in [0.15, 0.2) is 11.5 Å². The molecule has 0 radical (unpaired) electrons. The number of benzene rings is 2. The molecular formula is C21H24N2O5. The van der Waals surface area contributed by atoms with Gasteiger partial charge in [-0.3, -0.25) is 9.59 Å². The average Bonchev–Trinajstić information content (AvgIpc) is 2.72. The van der Waals surface area contributed by atoms with Crippen LogP contribution in [0.2, 0.25) is 0 Å². The Hall–Kier alpha value is -3.48. The lowest BCUT2D eigenvalue weighted by Crippen LogP contribution is -2.18. The van der Waals surface area contributed by atoms with Gasteiger partial charge in [-0.1, -0.05) is 6.07 Å². The number of ether oxygens (including phenoxy) is 3. The van der Waals surface area contributed by atoms with Crippen molar-refractivity contribution in [1.82, 2.24) is 5.32 Å². The molecule has 0 aliphatic rings. The molecule has 2 aromatic rings. The number of carbonyl (C=O) groups excluding carboxylic acids is 2. The summed E-state index contributed by atoms with van der Waals surface area (Å²) in [4.78, 5) is 24.2. The number of hydrogen-bond acceptors (Lipinski definition) is 5. The van der Waals surface area contributed by atoms with Gasteiger partial charge < -0.3 is 24.8 Å². The van der Waals surface area contributed by atoms with Gasteiger partial charge >= 0.3 is 0 Å². The predicted octanol–water partition coefficient (Wildman–Crippen LogP) is 3.03. The van der Waals surface area contributed by atoms with Crippen molar-refractivity contribution in [1.29, 1.82) is 0 Å². The first-order valence-corrected chi connectivity index (χ1v) is 8.55. The Morgan fingerprint density at radius 3 is 2.18 bits per heavy atom. The largest absolute Gasteiger partial charge is 0.496 e. The third kappa shape index (κ3) is 4.82. The zero-order valence-electron chi connectivity index (χ0n) is 16.6. The zero-order valence-corrected chi connectivity index (χ0v) is 16.6. The Morgan fingerprint density at radius 2 is 1.57 bits per heavy atom. The molecular weight excluding hydrogens is 360 g/mol. The first-order valence-electron chi connectivity index (χ1n) is 8.55. The zero-order chi connectivity index (χ0) is 20.7. The molecule has 0 heterocycles. The Kier molecular flexibility index (Phi) is 7.03. The first-order chi connectivity index (χ1) is 13.4. The molecule has 2 aromatic carbocycles. The van der Waals surface area contributed by atoms with Crippen LogP contribution in [0.1, 0.15) is 21.5 Å². The quantitative estimate of drug-likeness (QED) is 0.717. The second-order valence-corrected chi connectivity index (χ2v) is 5.88. The number of aryl methyl sites for hydroxylation is 1. The monoisotopic (exact) mass is 384 g/mol. The summed E-state index contributed by atoms with van der Waals surface area (Å²) in [6.07, 6.45) is 3.00. The number of amides is 2. The molecule has 0 atom stereocenters. The lowest BCUT2D eigenvalue weighted by Gasteiger charge is -2.12. The second-order valence-electron chi connectivity index (χ2n) is 5.88. The Balaban J connectivity index is 2.24. The highest BCUT2D eigenvalue weighted by molar-refractivity contribution is 6.03. The third-order valence-corrected chi connectivity index (χ3v) is 4.13. The lowest BCUT2D eigenvalue weighted by atomic mass is 10.1. The molecule has 0 aliphatic heterocycles. The van der Waals surface area contributed by atoms with Gasteiger partial charge in [0.25, 0.3) is 5.91 Å². The van der Waals surface area contributed by atoms with Crippen molar-refractivity contribution in [3.63, 3.8) is 0 Å². The molecule has 0 saturated heterocycles. The minimum Gasteiger partial charge on any atom is -0.496 e. The Morgan fingerprint density at radius 1 is 0.929 bits per heavy atom. The maximum atomic E-state index is 12.4. The van der Waals surface area contributed by atoms with Crippen LogP contribution in [0.25, 0.3) is 6.08 Å². The normalized spacial score (nSPS) is 10.5. The molecule has 148 valence electrons. The van der Waals surface area contributed by atoms with Gasteiger partial charge in [0.05, 0.1) is 21.3 Å². The molecule has 0 spiro atoms. The smallest absolute Gasteiger partial charge is 0.251 e. The molecule has 0 aromatic heterocycles. The van der Waals surface area contributed by atoms with Crippen molar-refractivity contribution in [2.75, 3.05) is 33.7 Å². The molecule has 0 saturated carbocycles. The number of hydrogen-bond donors (Lipinski definition) is 2. The highest BCUT2D eigenvalue weighted by Crippen LogP contribution is 2.35. The van der Waals surface area contributed by atoms with Crippen LogP contribution in [0, 0.1) is 6.92 Å². The summed E-state index contributed by atoms with van der Waals surface area (Å²) in [5.74, 6) is 1.04. The van der Waals surface area contributed by atoms with Gasteiger partial charge in [0.1, 0.15) is 5.75 Å². The van der Waals surface area contributed by atoms with Crippen molar-refractivity contribution in [2.45, 2.75) is 6.92 Å². The standard InChI is InChI=1S/C21H24N2O5/c1-13-6-7-15(21(25)22-2)10-16(13)23-20(24)9-8-14-11-18(27-4)19(28-5)12-17(14)26-3/h6-12H,1-5H3,(H,22,25)(H,23,24)/b9-8+. The van der Waals surface area contributed by atoms with Gasteiger partial charge in [-0.15, -0.1) is 0 Å². The van der Waals surface area contributed by atoms with Crippen molar-refractivity contribution in [3.05, 3.63) is 53.1 Å². The van der Waals surface area contributed by atoms with Crippen LogP contribution in [-0.4, -0.2) is 40.2 Å². The second kappa shape index (κ2) is 9.45. The van der Waals surface area contributed by atoms with Crippen LogP contribution >= 0.6 is 0 Å². The van der Waals surface area contributed by atoms with Crippen LogP contribution in [0.5, 0.6) is 17.2 Å². The number of carbonyl (C=O) groups is 2. The van der Waals surface area contributed by atoms with E-state index in [0.29, 0.717) is 34.1 Å². The molecule has 0 unspecified atom stereocenters. The summed E-state index contributed by atoms with van der Waals surface area (Å²) in [7, 11) is 6.16. The molecule has 2 amide bonds. The van der Waals surface area contributed by atoms with Crippen LogP contribution < -0.4 is 24.8 Å². The summed E-state index contributed by atoms with van der Waals surface area (Å²) >= 11 is 0. The number of nitrogens with one attached hydrogen (secondary N) is 2. The predicted molar refractivity (Wildman–Crippen MR) is 108 cm³/mol. The van der Waals surface area contributed by atoms with Crippen LogP contribution in [-0.2, 0) is 4.79 Å². The van der Waals surface area contributed by atoms with Crippen molar-refractivity contribution in [2.24, 2.45) is 0 Å². The molecule has 28 heavy (non-hydrogen) atoms. The maximum Gasteiger partial charge on any atom is 0.251 e. The van der Waals surface area contributed by atoms with E-state index in [1.54, 1.807) is 43.5 Å². The van der Waals surface area contributed by atoms with E-state index in [1.807, 2.05) is 6.92 Å². The molecule has 7 heteroatoms. The highest BCUT2D eigenvalue weighted by atomic mass is 16.5. The van der Waals surface area contributed by atoms with E-state index >= 15 is 0 Å². The van der Waals surface area contributed by atoms with E-state index in [1.165, 1.54) is 27.4 Å². The number of methoxy groups -OCH3 is 3. The minimum atomic E-state index is -0.339. The number of rotatable bonds is 7. The van der Waals surface area contributed by atoms with Gasteiger partial charge in [-0.05, 0) is 36.8 Å². The lowest BCUT2D eigenvalue weighted by molar-refractivity contribution is -0.111. The summed E-state index contributed by atoms with van der Waals surface area (Å²) < 4.78 is 15.9. The van der Waals surface area contributed by atoms with Gasteiger partial charge in [0.2, 0.25) is 5.91 Å². The highest BCUT2D eigenvalue weighted by Gasteiger charge is 2.11. The molecule has 2 rings (SSSR count). The molecule has 2 N–H and O–H groups in total. The fourth-order valence-electron chi connectivity index (χ4n) is 2.57. The summed E-state index contributed by atoms with van der Waals surface area (Å²) in [5, 5.41) is 5.35. The molecule has 0 bridgehead atoms. The van der Waals surface area contributed by atoms with Gasteiger partial charge in [0, 0.05) is 36.0 Å². The van der Waals surface area contributed by atoms with Crippen LogP contribution in [0.4, 0.5) is 5.69 Å². The van der Waals surface area contributed by atoms with E-state index in [-0.39, 0.29) is 11.8 Å². The first kappa shape index (κ1) is 20.8. The fourth-order valence-corrected chi connectivity index (χ4v) is 2.57. The van der Waals surface area contributed by atoms with Crippen LogP contribution in [0.3, 0.4) is 0 Å². The van der Waals surface area contributed by atoms with E-state index < -0.39 is 0 Å². The van der Waals surface area contributed by atoms with Crippen molar-refractivity contribution < 1.29 is 23.8 Å². The van der Waals surface area contributed by atoms with Gasteiger partial charge in [-0.25, -0.2) is 0 Å². The molecule has 0 aliphatic carbocycles. The maximum absolute atomic E-state index is 12.4. The fraction of sp³-hybridized carbons (Fsp3) is 0.238. The van der Waals surface area contributed by atoms with Crippen molar-refractivity contribution in [3.8, 4) is 17.2 Å². The van der Waals surface area contributed by atoms with E-state index in [4.69, 9.17) is 14.2 Å². The molecule has 7 nitrogen and oxygen atoms in total. The molecule has 0 fully saturated rings. The van der Waals surface area contributed by atoms with E-state index in [0.717, 1.165) is 5.56 Å². The average molecular weight is 384 g/mol. The van der Waals surface area contributed by atoms with Crippen LogP contribution in [0.15, 0.2) is 36.4 Å². The summed E-state index contributed by atoms with van der Waals surface area (Å²) in [6, 6.07) is 8.53. The summed E-state index contributed by atoms with van der Waals surface area (Å²) in [6.45, 7) is 1.85. The summed E-state index contributed by atoms with van der Waals surface area (Å²) in [5.41, 5.74) is 2.54. The topological polar surface area (TPSA) is 85.9 Å². The third-order valence-electron chi connectivity index (χ3n) is 4.13. The number of anilines is 1. The minimum absolute atomic E-state index is 0.221. The van der Waals surface area contributed by atoms with E-state index in [9.17, 15) is 9.59 Å². The SMILES string of the molecule is CNC(=O)c1ccc(C)c(NC(=O)/C=C/c2cc(OC)c(OC)cc2OC)c1. The van der Waals surface area contributed by atoms with Gasteiger partial charge in [-0.2, -0.15) is 0 Å².